The van der Waals surface area contributed by atoms with Gasteiger partial charge < -0.3 is 20.3 Å². The normalized spacial score (nSPS) is 22.7. The fourth-order valence-electron chi connectivity index (χ4n) is 2.47. The molecule has 0 radical (unpaired) electrons. The smallest absolute Gasteiger partial charge is 0.404 e. The predicted molar refractivity (Wildman–Crippen MR) is 59.5 cm³/mol. The van der Waals surface area contributed by atoms with Gasteiger partial charge in [0.2, 0.25) is 0 Å². The zero-order chi connectivity index (χ0) is 12.2. The molecule has 0 bridgehead atoms. The molecule has 0 aromatic rings. The second-order valence-electron chi connectivity index (χ2n) is 4.58. The van der Waals surface area contributed by atoms with E-state index in [-0.39, 0.29) is 6.04 Å². The summed E-state index contributed by atoms with van der Waals surface area (Å²) in [6.07, 6.45) is 2.55. The average Bonchev–Trinajstić information content (AvgIpc) is 2.65. The van der Waals surface area contributed by atoms with Crippen molar-refractivity contribution >= 4 is 6.09 Å². The lowest BCUT2D eigenvalue weighted by molar-refractivity contribution is -0.102. The monoisotopic (exact) mass is 231 g/mol. The predicted octanol–water partition coefficient (Wildman–Crippen LogP) is 1.35. The highest BCUT2D eigenvalue weighted by Gasteiger charge is 2.41. The molecular weight excluding hydrogens is 210 g/mol. The van der Waals surface area contributed by atoms with Gasteiger partial charge in [-0.1, -0.05) is 12.8 Å². The number of hydrogen-bond donors (Lipinski definition) is 3. The number of amides is 1. The molecule has 0 saturated heterocycles. The molecule has 0 aromatic carbocycles. The highest BCUT2D eigenvalue weighted by molar-refractivity contribution is 5.64. The number of carboxylic acid groups (broad SMARTS) is 1. The summed E-state index contributed by atoms with van der Waals surface area (Å²) in [5, 5.41) is 21.0. The van der Waals surface area contributed by atoms with E-state index in [2.05, 4.69) is 5.32 Å². The van der Waals surface area contributed by atoms with Crippen LogP contribution in [0.25, 0.3) is 0 Å². The summed E-state index contributed by atoms with van der Waals surface area (Å²) in [5.41, 5.74) is -0.464. The Morgan fingerprint density at radius 1 is 1.50 bits per heavy atom. The van der Waals surface area contributed by atoms with Crippen LogP contribution in [0.1, 0.15) is 39.0 Å². The zero-order valence-electron chi connectivity index (χ0n) is 9.90. The van der Waals surface area contributed by atoms with Crippen molar-refractivity contribution in [2.75, 3.05) is 7.11 Å². The number of rotatable bonds is 5. The largest absolute Gasteiger partial charge is 0.465 e. The summed E-state index contributed by atoms with van der Waals surface area (Å²) < 4.78 is 5.44. The standard InChI is InChI=1S/C11H21NO4/c1-8(12-10(14)15)7-9(13)11(16-2)5-3-4-6-11/h8-9,12-13H,3-7H2,1-2H3,(H,14,15). The van der Waals surface area contributed by atoms with Crippen LogP contribution in [0.2, 0.25) is 0 Å². The number of ether oxygens (including phenoxy) is 1. The molecule has 5 heteroatoms. The van der Waals surface area contributed by atoms with Gasteiger partial charge in [0.05, 0.1) is 11.7 Å². The van der Waals surface area contributed by atoms with E-state index in [1.54, 1.807) is 14.0 Å². The number of hydrogen-bond acceptors (Lipinski definition) is 3. The first-order chi connectivity index (χ1) is 7.50. The SMILES string of the molecule is COC1(C(O)CC(C)NC(=O)O)CCCC1. The minimum atomic E-state index is -1.06. The van der Waals surface area contributed by atoms with Crippen LogP contribution in [0.3, 0.4) is 0 Å². The summed E-state index contributed by atoms with van der Waals surface area (Å²) in [5.74, 6) is 0. The van der Waals surface area contributed by atoms with Crippen molar-refractivity contribution in [1.82, 2.24) is 5.32 Å². The Balaban J connectivity index is 2.49. The number of nitrogens with one attached hydrogen (secondary N) is 1. The van der Waals surface area contributed by atoms with Crippen LogP contribution < -0.4 is 5.32 Å². The van der Waals surface area contributed by atoms with Gasteiger partial charge in [-0.05, 0) is 26.2 Å². The highest BCUT2D eigenvalue weighted by Crippen LogP contribution is 2.37. The van der Waals surface area contributed by atoms with Gasteiger partial charge >= 0.3 is 6.09 Å². The van der Waals surface area contributed by atoms with Gasteiger partial charge in [-0.2, -0.15) is 0 Å². The maximum Gasteiger partial charge on any atom is 0.404 e. The summed E-state index contributed by atoms with van der Waals surface area (Å²) >= 11 is 0. The number of carbonyl (C=O) groups is 1. The molecule has 16 heavy (non-hydrogen) atoms. The topological polar surface area (TPSA) is 78.8 Å². The maximum atomic E-state index is 10.4. The first kappa shape index (κ1) is 13.3. The molecule has 94 valence electrons. The van der Waals surface area contributed by atoms with Crippen molar-refractivity contribution in [1.29, 1.82) is 0 Å². The summed E-state index contributed by atoms with van der Waals surface area (Å²) in [7, 11) is 1.61. The van der Waals surface area contributed by atoms with Crippen LogP contribution >= 0.6 is 0 Å². The van der Waals surface area contributed by atoms with Crippen LogP contribution in [0.5, 0.6) is 0 Å². The summed E-state index contributed by atoms with van der Waals surface area (Å²) in [6, 6.07) is -0.264. The fraction of sp³-hybridized carbons (Fsp3) is 0.909. The molecule has 0 aromatic heterocycles. The molecule has 0 aliphatic heterocycles. The van der Waals surface area contributed by atoms with Crippen molar-refractivity contribution in [3.8, 4) is 0 Å². The molecule has 1 aliphatic rings. The first-order valence-corrected chi connectivity index (χ1v) is 5.73. The third-order valence-electron chi connectivity index (χ3n) is 3.41. The molecule has 0 heterocycles. The molecule has 0 spiro atoms. The molecule has 1 aliphatic carbocycles. The number of methoxy groups -OCH3 is 1. The van der Waals surface area contributed by atoms with Gasteiger partial charge in [0.25, 0.3) is 0 Å². The van der Waals surface area contributed by atoms with E-state index in [9.17, 15) is 9.90 Å². The van der Waals surface area contributed by atoms with Gasteiger partial charge in [-0.15, -0.1) is 0 Å². The zero-order valence-corrected chi connectivity index (χ0v) is 9.90. The average molecular weight is 231 g/mol. The maximum absolute atomic E-state index is 10.4. The Morgan fingerprint density at radius 2 is 2.06 bits per heavy atom. The van der Waals surface area contributed by atoms with E-state index < -0.39 is 17.8 Å². The lowest BCUT2D eigenvalue weighted by atomic mass is 9.90. The van der Waals surface area contributed by atoms with Crippen molar-refractivity contribution in [3.05, 3.63) is 0 Å². The number of aliphatic hydroxyl groups is 1. The second-order valence-corrected chi connectivity index (χ2v) is 4.58. The molecule has 1 rings (SSSR count). The first-order valence-electron chi connectivity index (χ1n) is 5.73. The van der Waals surface area contributed by atoms with E-state index in [1.807, 2.05) is 0 Å². The summed E-state index contributed by atoms with van der Waals surface area (Å²) in [4.78, 5) is 10.4. The van der Waals surface area contributed by atoms with Crippen LogP contribution in [0.4, 0.5) is 4.79 Å². The molecule has 2 atom stereocenters. The fourth-order valence-corrected chi connectivity index (χ4v) is 2.47. The number of aliphatic hydroxyl groups excluding tert-OH is 1. The Kier molecular flexibility index (Phi) is 4.56. The van der Waals surface area contributed by atoms with Crippen LogP contribution in [0, 0.1) is 0 Å². The van der Waals surface area contributed by atoms with Crippen molar-refractivity contribution in [2.24, 2.45) is 0 Å². The molecule has 5 nitrogen and oxygen atoms in total. The lowest BCUT2D eigenvalue weighted by Gasteiger charge is -2.34. The van der Waals surface area contributed by atoms with E-state index in [1.165, 1.54) is 0 Å². The third kappa shape index (κ3) is 3.09. The van der Waals surface area contributed by atoms with Gasteiger partial charge in [-0.25, -0.2) is 4.79 Å². The highest BCUT2D eigenvalue weighted by atomic mass is 16.5. The Labute approximate surface area is 95.8 Å². The van der Waals surface area contributed by atoms with E-state index in [0.29, 0.717) is 6.42 Å². The van der Waals surface area contributed by atoms with Crippen molar-refractivity contribution in [3.63, 3.8) is 0 Å². The molecule has 1 saturated carbocycles. The molecule has 1 amide bonds. The molecule has 1 fully saturated rings. The van der Waals surface area contributed by atoms with E-state index in [4.69, 9.17) is 9.84 Å². The third-order valence-corrected chi connectivity index (χ3v) is 3.41. The van der Waals surface area contributed by atoms with E-state index >= 15 is 0 Å². The molecule has 3 N–H and O–H groups in total. The van der Waals surface area contributed by atoms with E-state index in [0.717, 1.165) is 25.7 Å². The Hall–Kier alpha value is -0.810. The quantitative estimate of drug-likeness (QED) is 0.667. The molecular formula is C11H21NO4. The Bertz CT molecular complexity index is 238. The van der Waals surface area contributed by atoms with Crippen LogP contribution in [-0.4, -0.2) is 41.2 Å². The van der Waals surface area contributed by atoms with Gasteiger partial charge in [0.1, 0.15) is 0 Å². The van der Waals surface area contributed by atoms with Crippen molar-refractivity contribution in [2.45, 2.75) is 56.8 Å². The van der Waals surface area contributed by atoms with Gasteiger partial charge in [-0.3, -0.25) is 0 Å². The van der Waals surface area contributed by atoms with Gasteiger partial charge in [0, 0.05) is 13.2 Å². The van der Waals surface area contributed by atoms with Crippen molar-refractivity contribution < 1.29 is 19.7 Å². The Morgan fingerprint density at radius 3 is 2.50 bits per heavy atom. The lowest BCUT2D eigenvalue weighted by Crippen LogP contribution is -2.45. The van der Waals surface area contributed by atoms with Gasteiger partial charge in [0.15, 0.2) is 0 Å². The minimum absolute atomic E-state index is 0.264. The minimum Gasteiger partial charge on any atom is -0.465 e. The second kappa shape index (κ2) is 5.50. The summed E-state index contributed by atoms with van der Waals surface area (Å²) in [6.45, 7) is 1.75. The molecule has 2 unspecified atom stereocenters. The van der Waals surface area contributed by atoms with Crippen LogP contribution in [-0.2, 0) is 4.74 Å². The van der Waals surface area contributed by atoms with Crippen LogP contribution in [0.15, 0.2) is 0 Å².